The molecule has 0 radical (unpaired) electrons. The second-order valence-corrected chi connectivity index (χ2v) is 16.4. The number of rotatable bonds is 7. The van der Waals surface area contributed by atoms with E-state index in [0.717, 1.165) is 71.9 Å². The quantitative estimate of drug-likeness (QED) is 0.159. The highest BCUT2D eigenvalue weighted by molar-refractivity contribution is 7.26. The Morgan fingerprint density at radius 2 is 0.935 bits per heavy atom. The summed E-state index contributed by atoms with van der Waals surface area (Å²) >= 11 is 1.73. The second kappa shape index (κ2) is 15.0. The largest absolute Gasteiger partial charge is 0.310 e. The molecule has 0 amide bonds. The van der Waals surface area contributed by atoms with Crippen LogP contribution in [-0.2, 0) is 0 Å². The average molecular weight is 814 g/mol. The number of aromatic nitrogens is 7. The van der Waals surface area contributed by atoms with E-state index in [1.165, 1.54) is 22.0 Å². The van der Waals surface area contributed by atoms with Crippen LogP contribution < -0.4 is 0 Å². The van der Waals surface area contributed by atoms with Gasteiger partial charge in [-0.25, -0.2) is 29.9 Å². The normalized spacial score (nSPS) is 12.7. The molecule has 0 N–H and O–H groups in total. The van der Waals surface area contributed by atoms with E-state index < -0.39 is 0 Å². The number of para-hydroxylation sites is 1. The molecule has 1 aliphatic rings. The first kappa shape index (κ1) is 36.0. The number of hydrogen-bond acceptors (Lipinski definition) is 7. The van der Waals surface area contributed by atoms with Gasteiger partial charge in [0, 0.05) is 70.0 Å². The molecule has 8 heteroatoms. The number of thiophene rings is 1. The first-order chi connectivity index (χ1) is 30.7. The predicted octanol–water partition coefficient (Wildman–Crippen LogP) is 13.7. The van der Waals surface area contributed by atoms with Crippen molar-refractivity contribution in [2.45, 2.75) is 12.8 Å². The Labute approximate surface area is 361 Å². The Bertz CT molecular complexity index is 3520. The zero-order valence-corrected chi connectivity index (χ0v) is 34.2. The fraction of sp³-hybridized carbons (Fsp3) is 0.0370. The molecule has 0 saturated heterocycles. The van der Waals surface area contributed by atoms with Crippen molar-refractivity contribution < 1.29 is 0 Å². The zero-order chi connectivity index (χ0) is 41.0. The Hall–Kier alpha value is -7.94. The summed E-state index contributed by atoms with van der Waals surface area (Å²) in [5.74, 6) is 3.73. The van der Waals surface area contributed by atoms with Crippen molar-refractivity contribution in [3.05, 3.63) is 188 Å². The first-order valence-electron chi connectivity index (χ1n) is 20.8. The Kier molecular flexibility index (Phi) is 8.67. The van der Waals surface area contributed by atoms with E-state index in [9.17, 15) is 0 Å². The number of allylic oxidation sites excluding steroid dienone is 4. The molecule has 11 aromatic rings. The van der Waals surface area contributed by atoms with Crippen LogP contribution in [0.2, 0.25) is 0 Å². The lowest BCUT2D eigenvalue weighted by molar-refractivity contribution is 1.02. The molecule has 0 saturated carbocycles. The fourth-order valence-corrected chi connectivity index (χ4v) is 9.87. The number of benzene rings is 7. The lowest BCUT2D eigenvalue weighted by Gasteiger charge is -2.13. The molecule has 1 aliphatic carbocycles. The van der Waals surface area contributed by atoms with Crippen molar-refractivity contribution in [3.63, 3.8) is 0 Å². The van der Waals surface area contributed by atoms with E-state index in [4.69, 9.17) is 29.9 Å². The van der Waals surface area contributed by atoms with Crippen LogP contribution in [0, 0.1) is 0 Å². The molecule has 7 aromatic carbocycles. The Morgan fingerprint density at radius 1 is 0.403 bits per heavy atom. The summed E-state index contributed by atoms with van der Waals surface area (Å²) in [7, 11) is 0. The summed E-state index contributed by atoms with van der Waals surface area (Å²) in [6.07, 6.45) is 8.89. The molecule has 12 rings (SSSR count). The second-order valence-electron chi connectivity index (χ2n) is 15.4. The van der Waals surface area contributed by atoms with Crippen molar-refractivity contribution in [1.82, 2.24) is 34.5 Å². The van der Waals surface area contributed by atoms with Crippen LogP contribution in [0.5, 0.6) is 0 Å². The van der Waals surface area contributed by atoms with Crippen LogP contribution in [0.1, 0.15) is 12.8 Å². The third-order valence-electron chi connectivity index (χ3n) is 11.5. The van der Waals surface area contributed by atoms with Gasteiger partial charge in [0.1, 0.15) is 0 Å². The van der Waals surface area contributed by atoms with Crippen molar-refractivity contribution in [2.24, 2.45) is 0 Å². The lowest BCUT2D eigenvalue weighted by Crippen LogP contribution is -2.01. The highest BCUT2D eigenvalue weighted by Gasteiger charge is 2.22. The van der Waals surface area contributed by atoms with E-state index in [2.05, 4.69) is 114 Å². The molecule has 62 heavy (non-hydrogen) atoms. The molecular formula is C54H35N7S. The standard InChI is InChI=1S/C54H35N7S/c1-5-17-34(18-6-1)49-55-50(35-19-7-2-8-20-35)58-53(57-49)42-27-16-30-46-47(42)41-26-15-28-43(48(41)62-46)54-59-51(36-21-9-3-10-22-36)56-52(60-54)37-31-32-40-39-25-13-14-29-44(39)61(45(40)33-37)38-23-11-4-12-24-38/h1-3,5-11,13-33H,4,12H2. The van der Waals surface area contributed by atoms with Crippen molar-refractivity contribution >= 4 is 59.0 Å². The summed E-state index contributed by atoms with van der Waals surface area (Å²) in [6, 6.07) is 58.4. The van der Waals surface area contributed by atoms with Gasteiger partial charge in [0.2, 0.25) is 0 Å². The minimum atomic E-state index is 0.615. The molecular weight excluding hydrogens is 779 g/mol. The maximum Gasteiger partial charge on any atom is 0.165 e. The average Bonchev–Trinajstić information content (AvgIpc) is 3.91. The molecule has 0 fully saturated rings. The summed E-state index contributed by atoms with van der Waals surface area (Å²) in [4.78, 5) is 30.9. The van der Waals surface area contributed by atoms with Crippen molar-refractivity contribution in [3.8, 4) is 68.3 Å². The van der Waals surface area contributed by atoms with Crippen LogP contribution in [0.15, 0.2) is 188 Å². The highest BCUT2D eigenvalue weighted by Crippen LogP contribution is 2.44. The van der Waals surface area contributed by atoms with Gasteiger partial charge in [-0.15, -0.1) is 11.3 Å². The summed E-state index contributed by atoms with van der Waals surface area (Å²) in [5, 5.41) is 4.58. The Morgan fingerprint density at radius 3 is 1.58 bits per heavy atom. The van der Waals surface area contributed by atoms with Gasteiger partial charge in [-0.3, -0.25) is 0 Å². The molecule has 0 unspecified atom stereocenters. The van der Waals surface area contributed by atoms with Crippen LogP contribution in [0.4, 0.5) is 0 Å². The van der Waals surface area contributed by atoms with Gasteiger partial charge in [-0.2, -0.15) is 0 Å². The molecule has 0 atom stereocenters. The zero-order valence-electron chi connectivity index (χ0n) is 33.4. The third kappa shape index (κ3) is 6.19. The van der Waals surface area contributed by atoms with Crippen LogP contribution >= 0.6 is 11.3 Å². The maximum atomic E-state index is 5.31. The summed E-state index contributed by atoms with van der Waals surface area (Å²) < 4.78 is 4.57. The number of fused-ring (bicyclic) bond motifs is 6. The molecule has 292 valence electrons. The molecule has 0 aliphatic heterocycles. The van der Waals surface area contributed by atoms with Crippen LogP contribution in [0.25, 0.3) is 116 Å². The van der Waals surface area contributed by atoms with Crippen molar-refractivity contribution in [2.75, 3.05) is 0 Å². The lowest BCUT2D eigenvalue weighted by atomic mass is 10.0. The fourth-order valence-electron chi connectivity index (χ4n) is 8.63. The Balaban J connectivity index is 1.05. The predicted molar refractivity (Wildman–Crippen MR) is 254 cm³/mol. The van der Waals surface area contributed by atoms with Gasteiger partial charge in [-0.05, 0) is 43.2 Å². The van der Waals surface area contributed by atoms with Crippen LogP contribution in [0.3, 0.4) is 0 Å². The minimum Gasteiger partial charge on any atom is -0.310 e. The maximum absolute atomic E-state index is 5.31. The van der Waals surface area contributed by atoms with E-state index in [-0.39, 0.29) is 0 Å². The highest BCUT2D eigenvalue weighted by atomic mass is 32.1. The van der Waals surface area contributed by atoms with Gasteiger partial charge in [-0.1, -0.05) is 158 Å². The molecule has 7 nitrogen and oxygen atoms in total. The molecule has 0 bridgehead atoms. The topological polar surface area (TPSA) is 82.3 Å². The summed E-state index contributed by atoms with van der Waals surface area (Å²) in [6.45, 7) is 0. The van der Waals surface area contributed by atoms with Gasteiger partial charge in [0.15, 0.2) is 34.9 Å². The smallest absolute Gasteiger partial charge is 0.165 e. The van der Waals surface area contributed by atoms with E-state index in [1.54, 1.807) is 11.3 Å². The van der Waals surface area contributed by atoms with Crippen molar-refractivity contribution in [1.29, 1.82) is 0 Å². The van der Waals surface area contributed by atoms with E-state index >= 15 is 0 Å². The number of hydrogen-bond donors (Lipinski definition) is 0. The molecule has 0 spiro atoms. The molecule has 4 aromatic heterocycles. The van der Waals surface area contributed by atoms with Gasteiger partial charge >= 0.3 is 0 Å². The van der Waals surface area contributed by atoms with E-state index in [1.807, 2.05) is 78.9 Å². The van der Waals surface area contributed by atoms with Gasteiger partial charge < -0.3 is 4.57 Å². The van der Waals surface area contributed by atoms with Crippen LogP contribution in [-0.4, -0.2) is 34.5 Å². The monoisotopic (exact) mass is 813 g/mol. The first-order valence-corrected chi connectivity index (χ1v) is 21.6. The van der Waals surface area contributed by atoms with E-state index in [0.29, 0.717) is 34.9 Å². The van der Waals surface area contributed by atoms with Gasteiger partial charge in [0.25, 0.3) is 0 Å². The molecule has 4 heterocycles. The SMILES string of the molecule is C1=CC(n2c3ccccc3c3ccc(-c4nc(-c5ccccc5)nc(-c5cccc6c5sc5cccc(-c7nc(-c8ccccc8)nc(-c8ccccc8)n7)c56)n4)cc32)=CCC1. The van der Waals surface area contributed by atoms with Gasteiger partial charge in [0.05, 0.1) is 11.0 Å². The minimum absolute atomic E-state index is 0.615. The number of nitrogens with zero attached hydrogens (tertiary/aromatic N) is 7. The summed E-state index contributed by atoms with van der Waals surface area (Å²) in [5.41, 5.74) is 9.07. The third-order valence-corrected chi connectivity index (χ3v) is 12.7.